The maximum absolute atomic E-state index is 5.99. The van der Waals surface area contributed by atoms with Gasteiger partial charge in [-0.25, -0.2) is 0 Å². The molecule has 0 bridgehead atoms. The molecule has 2 nitrogen and oxygen atoms in total. The second kappa shape index (κ2) is 9.39. The summed E-state index contributed by atoms with van der Waals surface area (Å²) < 4.78 is 18.6. The van der Waals surface area contributed by atoms with Crippen molar-refractivity contribution in [2.24, 2.45) is 0 Å². The van der Waals surface area contributed by atoms with Crippen molar-refractivity contribution >= 4 is 127 Å². The number of ether oxygens (including phenoxy) is 2. The first-order valence-corrected chi connectivity index (χ1v) is 12.5. The van der Waals surface area contributed by atoms with Gasteiger partial charge in [0, 0.05) is 15.9 Å². The molecule has 10 heteroatoms. The van der Waals surface area contributed by atoms with E-state index in [0.29, 0.717) is 11.5 Å². The lowest BCUT2D eigenvalue weighted by Gasteiger charge is -2.21. The zero-order valence-corrected chi connectivity index (χ0v) is 24.3. The van der Waals surface area contributed by atoms with Crippen molar-refractivity contribution in [2.75, 3.05) is 0 Å². The molecule has 0 radical (unpaired) electrons. The van der Waals surface area contributed by atoms with Gasteiger partial charge in [0.1, 0.15) is 0 Å². The van der Waals surface area contributed by atoms with Gasteiger partial charge in [0.25, 0.3) is 0 Å². The first-order chi connectivity index (χ1) is 11.1. The molecular weight excluding hydrogens is 839 g/mol. The molecule has 0 spiro atoms. The highest BCUT2D eigenvalue weighted by molar-refractivity contribution is 9.16. The molecule has 1 atom stereocenters. The van der Waals surface area contributed by atoms with Gasteiger partial charge in [0.15, 0.2) is 11.5 Å². The van der Waals surface area contributed by atoms with Gasteiger partial charge in [-0.05, 0) is 124 Å². The van der Waals surface area contributed by atoms with Gasteiger partial charge in [0.2, 0.25) is 6.29 Å². The van der Waals surface area contributed by atoms with Crippen molar-refractivity contribution in [3.8, 4) is 11.5 Å². The summed E-state index contributed by atoms with van der Waals surface area (Å²) in [7, 11) is 0. The molecule has 2 rings (SSSR count). The van der Waals surface area contributed by atoms with E-state index in [9.17, 15) is 0 Å². The van der Waals surface area contributed by atoms with Crippen LogP contribution in [0.25, 0.3) is 0 Å². The Morgan fingerprint density at radius 3 is 1.46 bits per heavy atom. The Morgan fingerprint density at radius 2 is 1.00 bits per heavy atom. The van der Waals surface area contributed by atoms with Crippen LogP contribution in [0, 0.1) is 0 Å². The molecule has 0 saturated heterocycles. The fourth-order valence-corrected chi connectivity index (χ4v) is 7.33. The topological polar surface area (TPSA) is 18.5 Å². The lowest BCUT2D eigenvalue weighted by molar-refractivity contribution is 0.0197. The highest BCUT2D eigenvalue weighted by Crippen LogP contribution is 2.49. The maximum atomic E-state index is 5.99. The lowest BCUT2D eigenvalue weighted by Crippen LogP contribution is -2.20. The van der Waals surface area contributed by atoms with Crippen LogP contribution in [0.1, 0.15) is 6.92 Å². The van der Waals surface area contributed by atoms with Gasteiger partial charge < -0.3 is 9.47 Å². The summed E-state index contributed by atoms with van der Waals surface area (Å²) in [6.07, 6.45) is -0.536. The van der Waals surface area contributed by atoms with E-state index in [-0.39, 0.29) is 0 Å². The Kier molecular flexibility index (Phi) is 8.67. The van der Waals surface area contributed by atoms with E-state index in [0.717, 1.165) is 35.8 Å². The van der Waals surface area contributed by atoms with Crippen LogP contribution < -0.4 is 9.47 Å². The van der Waals surface area contributed by atoms with Crippen molar-refractivity contribution in [1.29, 1.82) is 0 Å². The van der Waals surface area contributed by atoms with E-state index in [4.69, 9.17) is 9.47 Å². The van der Waals surface area contributed by atoms with Crippen molar-refractivity contribution in [3.05, 3.63) is 47.9 Å². The zero-order valence-electron chi connectivity index (χ0n) is 11.6. The molecule has 0 amide bonds. The average molecular weight is 845 g/mol. The molecule has 1 unspecified atom stereocenters. The first-order valence-electron chi connectivity index (χ1n) is 6.12. The van der Waals surface area contributed by atoms with E-state index in [2.05, 4.69) is 127 Å². The largest absolute Gasteiger partial charge is 0.453 e. The van der Waals surface area contributed by atoms with E-state index < -0.39 is 6.29 Å². The summed E-state index contributed by atoms with van der Waals surface area (Å²) >= 11 is 28.0. The van der Waals surface area contributed by atoms with Crippen molar-refractivity contribution in [1.82, 2.24) is 0 Å². The van der Waals surface area contributed by atoms with E-state index in [1.54, 1.807) is 0 Å². The average Bonchev–Trinajstić information content (AvgIpc) is 2.51. The summed E-state index contributed by atoms with van der Waals surface area (Å²) in [4.78, 5) is 0. The standard InChI is InChI=1S/C14H6Br8O2/c1-4(23-13-6(16)2-5(15)3-7(13)17)24-14-11(21)9(19)8(18)10(20)12(14)22/h2-4H,1H3. The van der Waals surface area contributed by atoms with Gasteiger partial charge in [0.05, 0.1) is 26.8 Å². The SMILES string of the molecule is CC(Oc1c(Br)cc(Br)cc1Br)Oc1c(Br)c(Br)c(Br)c(Br)c1Br. The fraction of sp³-hybridized carbons (Fsp3) is 0.143. The molecule has 0 aliphatic rings. The third-order valence-corrected chi connectivity index (χ3v) is 10.4. The summed E-state index contributed by atoms with van der Waals surface area (Å²) in [6, 6.07) is 3.82. The number of hydrogen-bond donors (Lipinski definition) is 0. The Morgan fingerprint density at radius 1 is 0.625 bits per heavy atom. The fourth-order valence-electron chi connectivity index (χ4n) is 1.69. The molecule has 0 heterocycles. The smallest absolute Gasteiger partial charge is 0.238 e. The predicted molar refractivity (Wildman–Crippen MR) is 125 cm³/mol. The minimum Gasteiger partial charge on any atom is -0.453 e. The Labute approximate surface area is 206 Å². The van der Waals surface area contributed by atoms with Crippen LogP contribution >= 0.6 is 127 Å². The van der Waals surface area contributed by atoms with Crippen LogP contribution in [0.2, 0.25) is 0 Å². The molecule has 0 N–H and O–H groups in total. The lowest BCUT2D eigenvalue weighted by atomic mass is 10.3. The van der Waals surface area contributed by atoms with Crippen LogP contribution in [0.5, 0.6) is 11.5 Å². The van der Waals surface area contributed by atoms with Gasteiger partial charge in [-0.1, -0.05) is 15.9 Å². The van der Waals surface area contributed by atoms with Crippen molar-refractivity contribution < 1.29 is 9.47 Å². The molecule has 24 heavy (non-hydrogen) atoms. The van der Waals surface area contributed by atoms with Crippen LogP contribution in [0.15, 0.2) is 47.9 Å². The van der Waals surface area contributed by atoms with Crippen LogP contribution in [-0.2, 0) is 0 Å². The third kappa shape index (κ3) is 5.02. The summed E-state index contributed by atoms with van der Waals surface area (Å²) in [5.74, 6) is 1.28. The molecule has 2 aromatic carbocycles. The van der Waals surface area contributed by atoms with Crippen molar-refractivity contribution in [3.63, 3.8) is 0 Å². The van der Waals surface area contributed by atoms with Gasteiger partial charge in [-0.2, -0.15) is 0 Å². The van der Waals surface area contributed by atoms with Gasteiger partial charge in [-0.15, -0.1) is 0 Å². The quantitative estimate of drug-likeness (QED) is 0.174. The van der Waals surface area contributed by atoms with Crippen molar-refractivity contribution in [2.45, 2.75) is 13.2 Å². The number of halogens is 8. The van der Waals surface area contributed by atoms with Gasteiger partial charge in [-0.3, -0.25) is 0 Å². The monoisotopic (exact) mass is 837 g/mol. The molecule has 0 aromatic heterocycles. The maximum Gasteiger partial charge on any atom is 0.238 e. The minimum absolute atomic E-state index is 0.536. The molecule has 0 aliphatic carbocycles. The molecule has 2 aromatic rings. The summed E-state index contributed by atoms with van der Waals surface area (Å²) in [5.41, 5.74) is 0. The third-order valence-electron chi connectivity index (χ3n) is 2.70. The highest BCUT2D eigenvalue weighted by atomic mass is 79.9. The Balaban J connectivity index is 2.30. The van der Waals surface area contributed by atoms with Gasteiger partial charge >= 0.3 is 0 Å². The molecular formula is C14H6Br8O2. The normalized spacial score (nSPS) is 12.2. The van der Waals surface area contributed by atoms with E-state index in [1.807, 2.05) is 19.1 Å². The molecule has 130 valence electrons. The molecule has 0 aliphatic heterocycles. The predicted octanol–water partition coefficient (Wildman–Crippen LogP) is 9.59. The summed E-state index contributed by atoms with van der Waals surface area (Å²) in [5, 5.41) is 0. The number of rotatable bonds is 4. The minimum atomic E-state index is -0.536. The number of hydrogen-bond acceptors (Lipinski definition) is 2. The van der Waals surface area contributed by atoms with Crippen LogP contribution in [0.4, 0.5) is 0 Å². The number of benzene rings is 2. The molecule has 0 fully saturated rings. The first kappa shape index (κ1) is 22.2. The highest BCUT2D eigenvalue weighted by Gasteiger charge is 2.22. The second-order valence-corrected chi connectivity index (χ2v) is 11.0. The Hall–Kier alpha value is 1.88. The zero-order chi connectivity index (χ0) is 18.2. The summed E-state index contributed by atoms with van der Waals surface area (Å²) in [6.45, 7) is 1.82. The Bertz CT molecular complexity index is 741. The van der Waals surface area contributed by atoms with Crippen LogP contribution in [-0.4, -0.2) is 6.29 Å². The van der Waals surface area contributed by atoms with E-state index in [1.165, 1.54) is 0 Å². The second-order valence-electron chi connectivity index (χ2n) is 4.40. The van der Waals surface area contributed by atoms with E-state index >= 15 is 0 Å². The van der Waals surface area contributed by atoms with Crippen LogP contribution in [0.3, 0.4) is 0 Å². The molecule has 0 saturated carbocycles.